The monoisotopic (exact) mass is 359 g/mol. The summed E-state index contributed by atoms with van der Waals surface area (Å²) in [5.41, 5.74) is 5.42. The maximum absolute atomic E-state index is 12.5. The second-order valence-electron chi connectivity index (χ2n) is 6.71. The Balaban J connectivity index is 2.03. The highest BCUT2D eigenvalue weighted by atomic mass is 35.5. The van der Waals surface area contributed by atoms with E-state index in [-0.39, 0.29) is 11.9 Å². The normalized spacial score (nSPS) is 13.2. The van der Waals surface area contributed by atoms with Gasteiger partial charge in [-0.2, -0.15) is 0 Å². The lowest BCUT2D eigenvalue weighted by atomic mass is 10.0. The van der Waals surface area contributed by atoms with Crippen LogP contribution in [0.15, 0.2) is 30.3 Å². The first-order chi connectivity index (χ1) is 11.7. The minimum absolute atomic E-state index is 0.0773. The first kappa shape index (κ1) is 19.3. The van der Waals surface area contributed by atoms with Crippen LogP contribution in [0.3, 0.4) is 0 Å². The van der Waals surface area contributed by atoms with Gasteiger partial charge in [-0.15, -0.1) is 0 Å². The molecule has 0 saturated carbocycles. The van der Waals surface area contributed by atoms with Crippen molar-refractivity contribution in [2.75, 3.05) is 0 Å². The Labute approximate surface area is 155 Å². The third-order valence-electron chi connectivity index (χ3n) is 4.48. The molecule has 4 heteroatoms. The molecule has 134 valence electrons. The van der Waals surface area contributed by atoms with E-state index in [2.05, 4.69) is 31.3 Å². The van der Waals surface area contributed by atoms with Crippen molar-refractivity contribution in [3.8, 4) is 5.75 Å². The Kier molecular flexibility index (Phi) is 6.12. The third-order valence-corrected chi connectivity index (χ3v) is 5.08. The molecule has 0 aliphatic carbocycles. The Bertz CT molecular complexity index is 762. The van der Waals surface area contributed by atoms with E-state index >= 15 is 0 Å². The van der Waals surface area contributed by atoms with E-state index in [9.17, 15) is 4.79 Å². The smallest absolute Gasteiger partial charge is 0.261 e. The molecule has 25 heavy (non-hydrogen) atoms. The molecule has 2 aromatic rings. The molecule has 1 N–H and O–H groups in total. The lowest BCUT2D eigenvalue weighted by Crippen LogP contribution is -2.37. The van der Waals surface area contributed by atoms with Crippen molar-refractivity contribution in [2.24, 2.45) is 0 Å². The van der Waals surface area contributed by atoms with Gasteiger partial charge in [0.2, 0.25) is 0 Å². The summed E-state index contributed by atoms with van der Waals surface area (Å²) in [4.78, 5) is 12.5. The molecule has 0 bridgehead atoms. The van der Waals surface area contributed by atoms with Crippen molar-refractivity contribution in [3.05, 3.63) is 63.2 Å². The number of aryl methyl sites for hydroxylation is 4. The van der Waals surface area contributed by atoms with Gasteiger partial charge >= 0.3 is 0 Å². The largest absolute Gasteiger partial charge is 0.481 e. The standard InChI is InChI=1S/C21H26ClNO2/c1-12-7-8-18(9-13(12)2)16(5)23-21(24)17(6)25-19-10-14(3)20(22)15(4)11-19/h7-11,16-17H,1-6H3,(H,23,24). The van der Waals surface area contributed by atoms with Gasteiger partial charge in [0, 0.05) is 5.02 Å². The summed E-state index contributed by atoms with van der Waals surface area (Å²) < 4.78 is 5.80. The first-order valence-corrected chi connectivity index (χ1v) is 8.87. The lowest BCUT2D eigenvalue weighted by molar-refractivity contribution is -0.127. The van der Waals surface area contributed by atoms with Crippen LogP contribution in [0.25, 0.3) is 0 Å². The molecule has 2 unspecified atom stereocenters. The predicted molar refractivity (Wildman–Crippen MR) is 103 cm³/mol. The third kappa shape index (κ3) is 4.76. The molecular formula is C21H26ClNO2. The van der Waals surface area contributed by atoms with E-state index in [1.165, 1.54) is 11.1 Å². The molecule has 1 amide bonds. The van der Waals surface area contributed by atoms with Gasteiger partial charge in [-0.25, -0.2) is 0 Å². The Morgan fingerprint density at radius 3 is 2.12 bits per heavy atom. The van der Waals surface area contributed by atoms with Gasteiger partial charge in [0.25, 0.3) is 5.91 Å². The highest BCUT2D eigenvalue weighted by Gasteiger charge is 2.18. The van der Waals surface area contributed by atoms with Crippen molar-refractivity contribution in [1.82, 2.24) is 5.32 Å². The van der Waals surface area contributed by atoms with Gasteiger partial charge in [-0.1, -0.05) is 29.8 Å². The van der Waals surface area contributed by atoms with E-state index in [4.69, 9.17) is 16.3 Å². The molecular weight excluding hydrogens is 334 g/mol. The molecule has 3 nitrogen and oxygen atoms in total. The molecule has 2 rings (SSSR count). The fraction of sp³-hybridized carbons (Fsp3) is 0.381. The highest BCUT2D eigenvalue weighted by molar-refractivity contribution is 6.32. The lowest BCUT2D eigenvalue weighted by Gasteiger charge is -2.20. The van der Waals surface area contributed by atoms with Crippen molar-refractivity contribution < 1.29 is 9.53 Å². The molecule has 0 aliphatic rings. The topological polar surface area (TPSA) is 38.3 Å². The van der Waals surface area contributed by atoms with E-state index < -0.39 is 6.10 Å². The summed E-state index contributed by atoms with van der Waals surface area (Å²) in [6, 6.07) is 9.86. The van der Waals surface area contributed by atoms with Crippen LogP contribution in [0.5, 0.6) is 5.75 Å². The predicted octanol–water partition coefficient (Wildman–Crippen LogP) is 5.22. The summed E-state index contributed by atoms with van der Waals surface area (Å²) in [6.07, 6.45) is -0.589. The number of ether oxygens (including phenoxy) is 1. The minimum atomic E-state index is -0.589. The van der Waals surface area contributed by atoms with Crippen LogP contribution in [-0.4, -0.2) is 12.0 Å². The number of amides is 1. The van der Waals surface area contributed by atoms with Crippen molar-refractivity contribution in [1.29, 1.82) is 0 Å². The molecule has 0 fully saturated rings. The van der Waals surface area contributed by atoms with Gasteiger partial charge < -0.3 is 10.1 Å². The highest BCUT2D eigenvalue weighted by Crippen LogP contribution is 2.26. The van der Waals surface area contributed by atoms with Crippen molar-refractivity contribution in [3.63, 3.8) is 0 Å². The molecule has 0 aromatic heterocycles. The van der Waals surface area contributed by atoms with E-state index in [0.29, 0.717) is 5.75 Å². The van der Waals surface area contributed by atoms with Crippen molar-refractivity contribution >= 4 is 17.5 Å². The second-order valence-corrected chi connectivity index (χ2v) is 7.08. The minimum Gasteiger partial charge on any atom is -0.481 e. The number of carbonyl (C=O) groups excluding carboxylic acids is 1. The van der Waals surface area contributed by atoms with Crippen LogP contribution in [0.4, 0.5) is 0 Å². The van der Waals surface area contributed by atoms with Gasteiger partial charge in [0.1, 0.15) is 5.75 Å². The summed E-state index contributed by atoms with van der Waals surface area (Å²) in [6.45, 7) is 11.7. The molecule has 0 radical (unpaired) electrons. The Morgan fingerprint density at radius 2 is 1.56 bits per heavy atom. The number of rotatable bonds is 5. The number of hydrogen-bond donors (Lipinski definition) is 1. The summed E-state index contributed by atoms with van der Waals surface area (Å²) in [7, 11) is 0. The maximum atomic E-state index is 12.5. The number of nitrogens with one attached hydrogen (secondary N) is 1. The van der Waals surface area contributed by atoms with Gasteiger partial charge in [-0.3, -0.25) is 4.79 Å². The zero-order valence-corrected chi connectivity index (χ0v) is 16.5. The molecule has 0 spiro atoms. The van der Waals surface area contributed by atoms with Crippen molar-refractivity contribution in [2.45, 2.75) is 53.7 Å². The van der Waals surface area contributed by atoms with E-state index in [1.54, 1.807) is 6.92 Å². The second kappa shape index (κ2) is 7.92. The molecule has 2 atom stereocenters. The molecule has 2 aromatic carbocycles. The summed E-state index contributed by atoms with van der Waals surface area (Å²) >= 11 is 6.17. The quantitative estimate of drug-likeness (QED) is 0.794. The van der Waals surface area contributed by atoms with Gasteiger partial charge in [-0.05, 0) is 81.5 Å². The van der Waals surface area contributed by atoms with Crippen LogP contribution in [0.1, 0.15) is 47.7 Å². The molecule has 0 saturated heterocycles. The fourth-order valence-corrected chi connectivity index (χ4v) is 2.79. The Morgan fingerprint density at radius 1 is 0.960 bits per heavy atom. The van der Waals surface area contributed by atoms with E-state index in [1.807, 2.05) is 39.0 Å². The maximum Gasteiger partial charge on any atom is 0.261 e. The van der Waals surface area contributed by atoms with Crippen LogP contribution in [-0.2, 0) is 4.79 Å². The summed E-state index contributed by atoms with van der Waals surface area (Å²) in [5, 5.41) is 3.74. The van der Waals surface area contributed by atoms with Crippen LogP contribution < -0.4 is 10.1 Å². The summed E-state index contributed by atoms with van der Waals surface area (Å²) in [5.74, 6) is 0.511. The van der Waals surface area contributed by atoms with Gasteiger partial charge in [0.05, 0.1) is 6.04 Å². The number of carbonyl (C=O) groups is 1. The fourth-order valence-electron chi connectivity index (χ4n) is 2.68. The zero-order valence-electron chi connectivity index (χ0n) is 15.7. The number of hydrogen-bond acceptors (Lipinski definition) is 2. The average molecular weight is 360 g/mol. The molecule has 0 aliphatic heterocycles. The van der Waals surface area contributed by atoms with Crippen LogP contribution >= 0.6 is 11.6 Å². The zero-order chi connectivity index (χ0) is 18.7. The first-order valence-electron chi connectivity index (χ1n) is 8.50. The number of halogens is 1. The van der Waals surface area contributed by atoms with Gasteiger partial charge in [0.15, 0.2) is 6.10 Å². The number of benzene rings is 2. The Hall–Kier alpha value is -2.00. The molecule has 0 heterocycles. The van der Waals surface area contributed by atoms with Crippen LogP contribution in [0, 0.1) is 27.7 Å². The SMILES string of the molecule is Cc1ccc(C(C)NC(=O)C(C)Oc2cc(C)c(Cl)c(C)c2)cc1C. The van der Waals surface area contributed by atoms with Crippen LogP contribution in [0.2, 0.25) is 5.02 Å². The van der Waals surface area contributed by atoms with E-state index in [0.717, 1.165) is 21.7 Å². The average Bonchev–Trinajstić information content (AvgIpc) is 2.54.